The molecule has 2 rings (SSSR count). The SMILES string of the molecule is Cc1cc(NC2CCC(C)C2C)ccc1C(N)=S. The van der Waals surface area contributed by atoms with Crippen molar-refractivity contribution in [2.24, 2.45) is 17.6 Å². The molecule has 3 heteroatoms. The van der Waals surface area contributed by atoms with Crippen molar-refractivity contribution in [3.63, 3.8) is 0 Å². The lowest BCUT2D eigenvalue weighted by Crippen LogP contribution is -2.24. The molecule has 0 radical (unpaired) electrons. The van der Waals surface area contributed by atoms with Crippen LogP contribution in [0.5, 0.6) is 0 Å². The molecular weight excluding hydrogens is 240 g/mol. The van der Waals surface area contributed by atoms with Gasteiger partial charge in [0.1, 0.15) is 4.99 Å². The van der Waals surface area contributed by atoms with E-state index in [-0.39, 0.29) is 0 Å². The molecule has 1 aromatic rings. The number of hydrogen-bond donors (Lipinski definition) is 2. The summed E-state index contributed by atoms with van der Waals surface area (Å²) in [6, 6.07) is 6.83. The van der Waals surface area contributed by atoms with Crippen molar-refractivity contribution >= 4 is 22.9 Å². The molecule has 0 amide bonds. The van der Waals surface area contributed by atoms with E-state index in [0.717, 1.165) is 23.0 Å². The van der Waals surface area contributed by atoms with Crippen molar-refractivity contribution < 1.29 is 0 Å². The van der Waals surface area contributed by atoms with Crippen LogP contribution in [-0.2, 0) is 0 Å². The molecule has 0 bridgehead atoms. The van der Waals surface area contributed by atoms with E-state index in [2.05, 4.69) is 38.2 Å². The molecule has 1 fully saturated rings. The lowest BCUT2D eigenvalue weighted by atomic mass is 9.97. The number of thiocarbonyl (C=S) groups is 1. The molecule has 0 saturated heterocycles. The average molecular weight is 262 g/mol. The fraction of sp³-hybridized carbons (Fsp3) is 0.533. The molecule has 3 unspecified atom stereocenters. The molecule has 1 aliphatic carbocycles. The minimum atomic E-state index is 0.474. The molecule has 1 aliphatic rings. The van der Waals surface area contributed by atoms with Gasteiger partial charge in [0.05, 0.1) is 0 Å². The number of rotatable bonds is 3. The van der Waals surface area contributed by atoms with Gasteiger partial charge >= 0.3 is 0 Å². The topological polar surface area (TPSA) is 38.0 Å². The van der Waals surface area contributed by atoms with Gasteiger partial charge in [-0.15, -0.1) is 0 Å². The summed E-state index contributed by atoms with van der Waals surface area (Å²) in [5.74, 6) is 1.56. The summed E-state index contributed by atoms with van der Waals surface area (Å²) in [5, 5.41) is 3.64. The van der Waals surface area contributed by atoms with Gasteiger partial charge in [0.2, 0.25) is 0 Å². The predicted molar refractivity (Wildman–Crippen MR) is 82.0 cm³/mol. The zero-order chi connectivity index (χ0) is 13.3. The standard InChI is InChI=1S/C15H22N2S/c1-9-4-7-14(11(9)3)17-12-5-6-13(15(16)18)10(2)8-12/h5-6,8-9,11,14,17H,4,7H2,1-3H3,(H2,16,18). The van der Waals surface area contributed by atoms with Crippen LogP contribution in [0, 0.1) is 18.8 Å². The number of nitrogens with two attached hydrogens (primary N) is 1. The quantitative estimate of drug-likeness (QED) is 0.819. The molecule has 3 atom stereocenters. The van der Waals surface area contributed by atoms with E-state index in [0.29, 0.717) is 11.0 Å². The minimum Gasteiger partial charge on any atom is -0.389 e. The van der Waals surface area contributed by atoms with Crippen LogP contribution in [0.25, 0.3) is 0 Å². The molecule has 18 heavy (non-hydrogen) atoms. The van der Waals surface area contributed by atoms with Crippen LogP contribution < -0.4 is 11.1 Å². The number of nitrogens with one attached hydrogen (secondary N) is 1. The highest BCUT2D eigenvalue weighted by Crippen LogP contribution is 2.33. The Hall–Kier alpha value is -1.09. The van der Waals surface area contributed by atoms with E-state index in [1.807, 2.05) is 6.07 Å². The molecule has 0 aromatic heterocycles. The second kappa shape index (κ2) is 5.27. The monoisotopic (exact) mass is 262 g/mol. The third-order valence-electron chi connectivity index (χ3n) is 4.31. The average Bonchev–Trinajstić information content (AvgIpc) is 2.61. The van der Waals surface area contributed by atoms with E-state index in [9.17, 15) is 0 Å². The van der Waals surface area contributed by atoms with Gasteiger partial charge < -0.3 is 11.1 Å². The molecule has 98 valence electrons. The van der Waals surface area contributed by atoms with Crippen LogP contribution >= 0.6 is 12.2 Å². The first-order valence-corrected chi connectivity index (χ1v) is 7.07. The zero-order valence-corrected chi connectivity index (χ0v) is 12.2. The summed E-state index contributed by atoms with van der Waals surface area (Å²) in [5.41, 5.74) is 8.98. The minimum absolute atomic E-state index is 0.474. The largest absolute Gasteiger partial charge is 0.389 e. The van der Waals surface area contributed by atoms with Crippen LogP contribution in [0.1, 0.15) is 37.8 Å². The number of aryl methyl sites for hydroxylation is 1. The zero-order valence-electron chi connectivity index (χ0n) is 11.4. The van der Waals surface area contributed by atoms with Gasteiger partial charge in [0, 0.05) is 17.3 Å². The van der Waals surface area contributed by atoms with Gasteiger partial charge in [-0.25, -0.2) is 0 Å². The normalized spacial score (nSPS) is 27.2. The first-order valence-electron chi connectivity index (χ1n) is 6.66. The Bertz CT molecular complexity index is 456. The van der Waals surface area contributed by atoms with Crippen molar-refractivity contribution in [3.8, 4) is 0 Å². The summed E-state index contributed by atoms with van der Waals surface area (Å²) in [6.45, 7) is 6.74. The lowest BCUT2D eigenvalue weighted by Gasteiger charge is -2.21. The summed E-state index contributed by atoms with van der Waals surface area (Å²) in [4.78, 5) is 0.474. The molecule has 2 nitrogen and oxygen atoms in total. The number of anilines is 1. The highest BCUT2D eigenvalue weighted by atomic mass is 32.1. The van der Waals surface area contributed by atoms with Gasteiger partial charge in [-0.05, 0) is 55.4 Å². The van der Waals surface area contributed by atoms with Gasteiger partial charge in [0.25, 0.3) is 0 Å². The van der Waals surface area contributed by atoms with Crippen LogP contribution in [0.15, 0.2) is 18.2 Å². The van der Waals surface area contributed by atoms with Crippen LogP contribution in [0.3, 0.4) is 0 Å². The summed E-state index contributed by atoms with van der Waals surface area (Å²) in [7, 11) is 0. The number of benzene rings is 1. The molecule has 1 aromatic carbocycles. The predicted octanol–water partition coefficient (Wildman–Crippen LogP) is 3.48. The first kappa shape index (κ1) is 13.3. The van der Waals surface area contributed by atoms with E-state index in [1.165, 1.54) is 18.5 Å². The molecule has 3 N–H and O–H groups in total. The summed E-state index contributed by atoms with van der Waals surface area (Å²) < 4.78 is 0. The molecule has 0 heterocycles. The Labute approximate surface area is 115 Å². The van der Waals surface area contributed by atoms with Crippen molar-refractivity contribution in [2.45, 2.75) is 39.7 Å². The van der Waals surface area contributed by atoms with Gasteiger partial charge in [-0.1, -0.05) is 26.1 Å². The van der Waals surface area contributed by atoms with Gasteiger partial charge in [0.15, 0.2) is 0 Å². The number of hydrogen-bond acceptors (Lipinski definition) is 2. The molecule has 0 aliphatic heterocycles. The smallest absolute Gasteiger partial charge is 0.104 e. The Morgan fingerprint density at radius 2 is 2.06 bits per heavy atom. The fourth-order valence-corrected chi connectivity index (χ4v) is 3.04. The maximum Gasteiger partial charge on any atom is 0.104 e. The fourth-order valence-electron chi connectivity index (χ4n) is 2.81. The van der Waals surface area contributed by atoms with Gasteiger partial charge in [-0.2, -0.15) is 0 Å². The summed E-state index contributed by atoms with van der Waals surface area (Å²) >= 11 is 5.03. The third kappa shape index (κ3) is 2.66. The maximum atomic E-state index is 5.68. The highest BCUT2D eigenvalue weighted by molar-refractivity contribution is 7.80. The van der Waals surface area contributed by atoms with Crippen molar-refractivity contribution in [1.29, 1.82) is 0 Å². The van der Waals surface area contributed by atoms with Crippen LogP contribution in [-0.4, -0.2) is 11.0 Å². The van der Waals surface area contributed by atoms with E-state index in [4.69, 9.17) is 18.0 Å². The third-order valence-corrected chi connectivity index (χ3v) is 4.53. The Morgan fingerprint density at radius 3 is 2.56 bits per heavy atom. The highest BCUT2D eigenvalue weighted by Gasteiger charge is 2.29. The van der Waals surface area contributed by atoms with E-state index < -0.39 is 0 Å². The van der Waals surface area contributed by atoms with Crippen molar-refractivity contribution in [1.82, 2.24) is 0 Å². The van der Waals surface area contributed by atoms with E-state index in [1.54, 1.807) is 0 Å². The molecular formula is C15H22N2S. The maximum absolute atomic E-state index is 5.68. The summed E-state index contributed by atoms with van der Waals surface area (Å²) in [6.07, 6.45) is 2.58. The van der Waals surface area contributed by atoms with Crippen molar-refractivity contribution in [3.05, 3.63) is 29.3 Å². The van der Waals surface area contributed by atoms with Gasteiger partial charge in [-0.3, -0.25) is 0 Å². The second-order valence-corrected chi connectivity index (χ2v) is 6.00. The molecule has 1 saturated carbocycles. The Balaban J connectivity index is 2.11. The van der Waals surface area contributed by atoms with E-state index >= 15 is 0 Å². The molecule has 0 spiro atoms. The Kier molecular flexibility index (Phi) is 3.91. The lowest BCUT2D eigenvalue weighted by molar-refractivity contribution is 0.435. The van der Waals surface area contributed by atoms with Crippen LogP contribution in [0.2, 0.25) is 0 Å². The van der Waals surface area contributed by atoms with Crippen molar-refractivity contribution in [2.75, 3.05) is 5.32 Å². The Morgan fingerprint density at radius 1 is 1.33 bits per heavy atom. The second-order valence-electron chi connectivity index (χ2n) is 5.56. The first-order chi connectivity index (χ1) is 8.49. The van der Waals surface area contributed by atoms with Crippen LogP contribution in [0.4, 0.5) is 5.69 Å².